The van der Waals surface area contributed by atoms with Crippen LogP contribution in [0.15, 0.2) is 42.5 Å². The van der Waals surface area contributed by atoms with Crippen LogP contribution in [0.3, 0.4) is 0 Å². The molecular formula is C16H15NO3. The summed E-state index contributed by atoms with van der Waals surface area (Å²) in [5.74, 6) is -1.54. The Balaban J connectivity index is 1.87. The average Bonchev–Trinajstić information content (AvgIpc) is 2.81. The quantitative estimate of drug-likeness (QED) is 0.930. The molecule has 1 N–H and O–H groups in total. The van der Waals surface area contributed by atoms with Crippen LogP contribution in [0.1, 0.15) is 12.0 Å². The summed E-state index contributed by atoms with van der Waals surface area (Å²) in [6, 6.07) is 14.0. The Morgan fingerprint density at radius 2 is 1.95 bits per heavy atom. The van der Waals surface area contributed by atoms with Gasteiger partial charge in [-0.15, -0.1) is 0 Å². The van der Waals surface area contributed by atoms with Crippen molar-refractivity contribution in [3.8, 4) is 0 Å². The highest BCUT2D eigenvalue weighted by molar-refractivity contribution is 5.88. The third kappa shape index (κ3) is 2.25. The molecule has 2 aromatic rings. The van der Waals surface area contributed by atoms with Gasteiger partial charge in [-0.25, -0.2) is 0 Å². The van der Waals surface area contributed by atoms with Crippen LogP contribution in [0.5, 0.6) is 0 Å². The van der Waals surface area contributed by atoms with Gasteiger partial charge in [0.25, 0.3) is 0 Å². The van der Waals surface area contributed by atoms with Crippen LogP contribution in [0.25, 0.3) is 10.8 Å². The minimum atomic E-state index is -0.890. The number of likely N-dealkylation sites (tertiary alicyclic amines) is 1. The average molecular weight is 269 g/mol. The second-order valence-corrected chi connectivity index (χ2v) is 5.15. The number of carbonyl (C=O) groups is 2. The molecule has 1 unspecified atom stereocenters. The number of fused-ring (bicyclic) bond motifs is 1. The third-order valence-corrected chi connectivity index (χ3v) is 3.80. The number of nitrogens with zero attached hydrogens (tertiary/aromatic N) is 1. The maximum absolute atomic E-state index is 11.9. The molecule has 0 spiro atoms. The van der Waals surface area contributed by atoms with Crippen LogP contribution in [0.2, 0.25) is 0 Å². The number of hydrogen-bond donors (Lipinski definition) is 1. The van der Waals surface area contributed by atoms with E-state index in [1.54, 1.807) is 4.90 Å². The predicted octanol–water partition coefficient (Wildman–Crippen LogP) is 2.27. The molecule has 1 atom stereocenters. The van der Waals surface area contributed by atoms with Crippen molar-refractivity contribution >= 4 is 22.6 Å². The number of carboxylic acids is 1. The molecule has 1 amide bonds. The monoisotopic (exact) mass is 269 g/mol. The van der Waals surface area contributed by atoms with Crippen LogP contribution >= 0.6 is 0 Å². The summed E-state index contributed by atoms with van der Waals surface area (Å²) in [5, 5.41) is 11.3. The molecule has 4 heteroatoms. The summed E-state index contributed by atoms with van der Waals surface area (Å²) >= 11 is 0. The van der Waals surface area contributed by atoms with E-state index in [1.165, 1.54) is 0 Å². The Labute approximate surface area is 116 Å². The highest BCUT2D eigenvalue weighted by atomic mass is 16.4. The van der Waals surface area contributed by atoms with Gasteiger partial charge in [0.05, 0.1) is 5.92 Å². The van der Waals surface area contributed by atoms with Gasteiger partial charge in [0, 0.05) is 19.5 Å². The summed E-state index contributed by atoms with van der Waals surface area (Å²) in [7, 11) is 0. The van der Waals surface area contributed by atoms with Crippen LogP contribution in [0, 0.1) is 5.92 Å². The fourth-order valence-electron chi connectivity index (χ4n) is 2.73. The Hall–Kier alpha value is -2.36. The normalized spacial score (nSPS) is 18.7. The molecule has 4 nitrogen and oxygen atoms in total. The summed E-state index contributed by atoms with van der Waals surface area (Å²) < 4.78 is 0. The Morgan fingerprint density at radius 3 is 2.70 bits per heavy atom. The number of carboxylic acid groups (broad SMARTS) is 1. The van der Waals surface area contributed by atoms with Gasteiger partial charge in [0.15, 0.2) is 0 Å². The Kier molecular flexibility index (Phi) is 3.14. The van der Waals surface area contributed by atoms with Crippen LogP contribution in [-0.2, 0) is 16.1 Å². The third-order valence-electron chi connectivity index (χ3n) is 3.80. The number of rotatable bonds is 3. The van der Waals surface area contributed by atoms with Crippen molar-refractivity contribution in [1.29, 1.82) is 0 Å². The minimum Gasteiger partial charge on any atom is -0.481 e. The zero-order valence-corrected chi connectivity index (χ0v) is 11.0. The van der Waals surface area contributed by atoms with Gasteiger partial charge in [-0.3, -0.25) is 9.59 Å². The van der Waals surface area contributed by atoms with Gasteiger partial charge in [-0.1, -0.05) is 42.5 Å². The van der Waals surface area contributed by atoms with Gasteiger partial charge in [0.1, 0.15) is 0 Å². The second kappa shape index (κ2) is 4.96. The van der Waals surface area contributed by atoms with Crippen molar-refractivity contribution in [3.63, 3.8) is 0 Å². The number of benzene rings is 2. The predicted molar refractivity (Wildman–Crippen MR) is 75.1 cm³/mol. The summed E-state index contributed by atoms with van der Waals surface area (Å²) in [6.45, 7) is 0.779. The Morgan fingerprint density at radius 1 is 1.20 bits per heavy atom. The van der Waals surface area contributed by atoms with Gasteiger partial charge >= 0.3 is 5.97 Å². The van der Waals surface area contributed by atoms with Gasteiger partial charge in [-0.05, 0) is 16.3 Å². The molecule has 20 heavy (non-hydrogen) atoms. The lowest BCUT2D eigenvalue weighted by molar-refractivity contribution is -0.141. The lowest BCUT2D eigenvalue weighted by Gasteiger charge is -2.17. The molecule has 0 radical (unpaired) electrons. The van der Waals surface area contributed by atoms with E-state index in [9.17, 15) is 9.59 Å². The molecule has 2 aromatic carbocycles. The molecule has 3 rings (SSSR count). The van der Waals surface area contributed by atoms with Crippen LogP contribution in [0.4, 0.5) is 0 Å². The van der Waals surface area contributed by atoms with Crippen molar-refractivity contribution in [2.45, 2.75) is 13.0 Å². The van der Waals surface area contributed by atoms with Gasteiger partial charge in [-0.2, -0.15) is 0 Å². The molecule has 0 aliphatic carbocycles. The van der Waals surface area contributed by atoms with E-state index in [0.717, 1.165) is 16.3 Å². The fraction of sp³-hybridized carbons (Fsp3) is 0.250. The van der Waals surface area contributed by atoms with Crippen molar-refractivity contribution in [2.75, 3.05) is 6.54 Å². The summed E-state index contributed by atoms with van der Waals surface area (Å²) in [5.41, 5.74) is 1.06. The van der Waals surface area contributed by atoms with E-state index < -0.39 is 11.9 Å². The first-order valence-electron chi connectivity index (χ1n) is 6.62. The summed E-state index contributed by atoms with van der Waals surface area (Å²) in [4.78, 5) is 24.5. The zero-order valence-electron chi connectivity index (χ0n) is 11.0. The van der Waals surface area contributed by atoms with Crippen LogP contribution < -0.4 is 0 Å². The van der Waals surface area contributed by atoms with E-state index in [-0.39, 0.29) is 12.3 Å². The molecule has 0 saturated carbocycles. The first kappa shape index (κ1) is 12.7. The van der Waals surface area contributed by atoms with Crippen LogP contribution in [-0.4, -0.2) is 28.4 Å². The minimum absolute atomic E-state index is 0.0784. The first-order valence-corrected chi connectivity index (χ1v) is 6.62. The van der Waals surface area contributed by atoms with E-state index in [2.05, 4.69) is 0 Å². The molecule has 0 aromatic heterocycles. The van der Waals surface area contributed by atoms with E-state index in [1.807, 2.05) is 42.5 Å². The van der Waals surface area contributed by atoms with Crippen molar-refractivity contribution in [2.24, 2.45) is 5.92 Å². The number of aliphatic carboxylic acids is 1. The molecule has 1 heterocycles. The maximum atomic E-state index is 11.9. The first-order chi connectivity index (χ1) is 9.65. The van der Waals surface area contributed by atoms with E-state index in [4.69, 9.17) is 5.11 Å². The molecule has 1 fully saturated rings. The van der Waals surface area contributed by atoms with Crippen molar-refractivity contribution < 1.29 is 14.7 Å². The topological polar surface area (TPSA) is 57.6 Å². The lowest BCUT2D eigenvalue weighted by Crippen LogP contribution is -2.25. The molecule has 1 aliphatic heterocycles. The zero-order chi connectivity index (χ0) is 14.1. The molecule has 1 saturated heterocycles. The van der Waals surface area contributed by atoms with Gasteiger partial charge < -0.3 is 10.0 Å². The number of carbonyl (C=O) groups excluding carboxylic acids is 1. The van der Waals surface area contributed by atoms with Crippen molar-refractivity contribution in [3.05, 3.63) is 48.0 Å². The second-order valence-electron chi connectivity index (χ2n) is 5.15. The van der Waals surface area contributed by atoms with Gasteiger partial charge in [0.2, 0.25) is 5.91 Å². The van der Waals surface area contributed by atoms with Crippen molar-refractivity contribution in [1.82, 2.24) is 4.90 Å². The molecule has 0 bridgehead atoms. The SMILES string of the molecule is O=C(O)C1CC(=O)N(Cc2cccc3ccccc23)C1. The standard InChI is InChI=1S/C16H15NO3/c18-15-8-13(16(19)20)10-17(15)9-12-6-3-5-11-4-1-2-7-14(11)12/h1-7,13H,8-10H2,(H,19,20). The number of amides is 1. The fourth-order valence-corrected chi connectivity index (χ4v) is 2.73. The lowest BCUT2D eigenvalue weighted by atomic mass is 10.0. The molecule has 1 aliphatic rings. The highest BCUT2D eigenvalue weighted by Gasteiger charge is 2.34. The molecular weight excluding hydrogens is 254 g/mol. The maximum Gasteiger partial charge on any atom is 0.308 e. The summed E-state index contributed by atoms with van der Waals surface area (Å²) in [6.07, 6.45) is 0.111. The van der Waals surface area contributed by atoms with E-state index >= 15 is 0 Å². The largest absolute Gasteiger partial charge is 0.481 e. The highest BCUT2D eigenvalue weighted by Crippen LogP contribution is 2.24. The van der Waals surface area contributed by atoms with E-state index in [0.29, 0.717) is 13.1 Å². The Bertz CT molecular complexity index is 675. The smallest absolute Gasteiger partial charge is 0.308 e. The number of hydrogen-bond acceptors (Lipinski definition) is 2. The molecule has 102 valence electrons.